The van der Waals surface area contributed by atoms with Gasteiger partial charge in [-0.1, -0.05) is 51.0 Å². The molecule has 32 heavy (non-hydrogen) atoms. The molecular weight excluding hydrogens is 400 g/mol. The number of hydrogen-bond donors (Lipinski definition) is 2. The zero-order valence-electron chi connectivity index (χ0n) is 19.3. The van der Waals surface area contributed by atoms with Gasteiger partial charge in [0.25, 0.3) is 0 Å². The number of carbonyl (C=O) groups excluding carboxylic acids is 1. The monoisotopic (exact) mass is 434 g/mol. The molecule has 2 heterocycles. The molecule has 3 aromatic rings. The summed E-state index contributed by atoms with van der Waals surface area (Å²) in [5.41, 5.74) is 10.4. The summed E-state index contributed by atoms with van der Waals surface area (Å²) in [6.07, 6.45) is 12.0. The van der Waals surface area contributed by atoms with Crippen LogP contribution in [-0.2, 0) is 24.1 Å². The van der Waals surface area contributed by atoms with Crippen LogP contribution in [0.2, 0.25) is 0 Å². The van der Waals surface area contributed by atoms with Crippen LogP contribution in [0.1, 0.15) is 68.0 Å². The van der Waals surface area contributed by atoms with E-state index < -0.39 is 0 Å². The molecule has 0 atom stereocenters. The molecule has 0 aliphatic rings. The third-order valence-electron chi connectivity index (χ3n) is 5.67. The molecule has 0 radical (unpaired) electrons. The van der Waals surface area contributed by atoms with Crippen molar-refractivity contribution >= 4 is 17.5 Å². The summed E-state index contributed by atoms with van der Waals surface area (Å²) in [7, 11) is 0. The summed E-state index contributed by atoms with van der Waals surface area (Å²) in [6, 6.07) is 8.36. The van der Waals surface area contributed by atoms with Gasteiger partial charge in [0.05, 0.1) is 24.3 Å². The van der Waals surface area contributed by atoms with Crippen molar-refractivity contribution in [3.05, 3.63) is 65.2 Å². The summed E-state index contributed by atoms with van der Waals surface area (Å²) >= 11 is 0. The van der Waals surface area contributed by atoms with E-state index in [1.54, 1.807) is 0 Å². The van der Waals surface area contributed by atoms with Gasteiger partial charge in [-0.2, -0.15) is 5.10 Å². The quantitative estimate of drug-likeness (QED) is 0.431. The first-order valence-electron chi connectivity index (χ1n) is 11.5. The molecule has 0 bridgehead atoms. The Bertz CT molecular complexity index is 1020. The maximum atomic E-state index is 11.4. The maximum absolute atomic E-state index is 11.4. The molecular formula is C25H34N6O. The molecule has 1 aromatic carbocycles. The zero-order chi connectivity index (χ0) is 22.9. The average Bonchev–Trinajstić information content (AvgIpc) is 3.23. The molecule has 7 nitrogen and oxygen atoms in total. The lowest BCUT2D eigenvalue weighted by atomic mass is 9.98. The molecule has 0 aliphatic carbocycles. The van der Waals surface area contributed by atoms with Crippen molar-refractivity contribution in [3.8, 4) is 0 Å². The first-order chi connectivity index (χ1) is 15.5. The topological polar surface area (TPSA) is 98.7 Å². The van der Waals surface area contributed by atoms with E-state index in [0.29, 0.717) is 12.0 Å². The predicted molar refractivity (Wildman–Crippen MR) is 128 cm³/mol. The number of rotatable bonds is 12. The van der Waals surface area contributed by atoms with Gasteiger partial charge in [-0.15, -0.1) is 0 Å². The standard InChI is InChI=1S/C25H34N6O/c1-4-8-22(9-5-2)31-17-21(16-28-31)29-25-27-15-18(3)23(30-25)13-12-19-10-6-7-11-20(19)14-24(26)32/h6-7,10-11,15-17,22H,4-5,8-9,12-14H2,1-3H3,(H2,26,32)(H,27,29,30). The number of primary amides is 1. The van der Waals surface area contributed by atoms with Gasteiger partial charge in [0, 0.05) is 18.1 Å². The molecule has 3 N–H and O–H groups in total. The Balaban J connectivity index is 1.70. The predicted octanol–water partition coefficient (Wildman–Crippen LogP) is 4.68. The fourth-order valence-corrected chi connectivity index (χ4v) is 4.01. The fraction of sp³-hybridized carbons (Fsp3) is 0.440. The lowest BCUT2D eigenvalue weighted by molar-refractivity contribution is -0.117. The van der Waals surface area contributed by atoms with E-state index in [9.17, 15) is 4.79 Å². The van der Waals surface area contributed by atoms with E-state index >= 15 is 0 Å². The van der Waals surface area contributed by atoms with Crippen molar-refractivity contribution in [2.75, 3.05) is 5.32 Å². The number of amides is 1. The lowest BCUT2D eigenvalue weighted by Crippen LogP contribution is -2.15. The van der Waals surface area contributed by atoms with Gasteiger partial charge in [0.1, 0.15) is 0 Å². The smallest absolute Gasteiger partial charge is 0.227 e. The summed E-state index contributed by atoms with van der Waals surface area (Å²) < 4.78 is 2.06. The van der Waals surface area contributed by atoms with Crippen LogP contribution in [0.25, 0.3) is 0 Å². The Morgan fingerprint density at radius 2 is 1.81 bits per heavy atom. The number of carbonyl (C=O) groups is 1. The first-order valence-corrected chi connectivity index (χ1v) is 11.5. The van der Waals surface area contributed by atoms with Gasteiger partial charge in [0.15, 0.2) is 0 Å². The van der Waals surface area contributed by atoms with Crippen molar-refractivity contribution in [2.24, 2.45) is 5.73 Å². The first kappa shape index (κ1) is 23.4. The second kappa shape index (κ2) is 11.4. The molecule has 7 heteroatoms. The molecule has 0 spiro atoms. The highest BCUT2D eigenvalue weighted by atomic mass is 16.1. The van der Waals surface area contributed by atoms with Crippen LogP contribution in [0.3, 0.4) is 0 Å². The van der Waals surface area contributed by atoms with E-state index in [2.05, 4.69) is 33.9 Å². The van der Waals surface area contributed by atoms with Crippen LogP contribution in [-0.4, -0.2) is 25.7 Å². The highest BCUT2D eigenvalue weighted by Crippen LogP contribution is 2.22. The largest absolute Gasteiger partial charge is 0.369 e. The van der Waals surface area contributed by atoms with Crippen LogP contribution in [0.4, 0.5) is 11.6 Å². The molecule has 3 rings (SSSR count). The second-order valence-electron chi connectivity index (χ2n) is 8.30. The van der Waals surface area contributed by atoms with E-state index in [-0.39, 0.29) is 12.3 Å². The number of aromatic nitrogens is 4. The molecule has 2 aromatic heterocycles. The van der Waals surface area contributed by atoms with E-state index in [0.717, 1.165) is 66.6 Å². The molecule has 0 saturated carbocycles. The molecule has 0 aliphatic heterocycles. The van der Waals surface area contributed by atoms with Crippen LogP contribution in [0.15, 0.2) is 42.9 Å². The third kappa shape index (κ3) is 6.39. The van der Waals surface area contributed by atoms with E-state index in [1.807, 2.05) is 49.8 Å². The van der Waals surface area contributed by atoms with Gasteiger partial charge in [0.2, 0.25) is 11.9 Å². The Labute approximate surface area is 190 Å². The van der Waals surface area contributed by atoms with Crippen LogP contribution >= 0.6 is 0 Å². The SMILES string of the molecule is CCCC(CCC)n1cc(Nc2ncc(C)c(CCc3ccccc3CC(N)=O)n2)cn1. The number of anilines is 2. The highest BCUT2D eigenvalue weighted by Gasteiger charge is 2.12. The van der Waals surface area contributed by atoms with Crippen LogP contribution in [0.5, 0.6) is 0 Å². The highest BCUT2D eigenvalue weighted by molar-refractivity contribution is 5.77. The van der Waals surface area contributed by atoms with Gasteiger partial charge >= 0.3 is 0 Å². The normalized spacial score (nSPS) is 11.1. The Hall–Kier alpha value is -3.22. The maximum Gasteiger partial charge on any atom is 0.227 e. The Morgan fingerprint density at radius 1 is 1.09 bits per heavy atom. The Kier molecular flexibility index (Phi) is 8.36. The Morgan fingerprint density at radius 3 is 2.50 bits per heavy atom. The summed E-state index contributed by atoms with van der Waals surface area (Å²) in [4.78, 5) is 20.6. The number of nitrogens with zero attached hydrogens (tertiary/aromatic N) is 4. The summed E-state index contributed by atoms with van der Waals surface area (Å²) in [5, 5.41) is 7.86. The van der Waals surface area contributed by atoms with E-state index in [4.69, 9.17) is 10.7 Å². The van der Waals surface area contributed by atoms with E-state index in [1.165, 1.54) is 0 Å². The minimum absolute atomic E-state index is 0.257. The summed E-state index contributed by atoms with van der Waals surface area (Å²) in [6.45, 7) is 6.44. The fourth-order valence-electron chi connectivity index (χ4n) is 4.01. The molecule has 170 valence electrons. The van der Waals surface area contributed by atoms with Crippen molar-refractivity contribution in [1.82, 2.24) is 19.7 Å². The van der Waals surface area contributed by atoms with Crippen LogP contribution in [0, 0.1) is 6.92 Å². The summed E-state index contributed by atoms with van der Waals surface area (Å²) in [5.74, 6) is 0.251. The molecule has 0 saturated heterocycles. The number of aryl methyl sites for hydroxylation is 3. The van der Waals surface area contributed by atoms with Crippen LogP contribution < -0.4 is 11.1 Å². The average molecular weight is 435 g/mol. The third-order valence-corrected chi connectivity index (χ3v) is 5.67. The zero-order valence-corrected chi connectivity index (χ0v) is 19.3. The van der Waals surface area contributed by atoms with Gasteiger partial charge < -0.3 is 11.1 Å². The number of benzene rings is 1. The lowest BCUT2D eigenvalue weighted by Gasteiger charge is -2.15. The second-order valence-corrected chi connectivity index (χ2v) is 8.30. The van der Waals surface area contributed by atoms with Gasteiger partial charge in [-0.3, -0.25) is 9.48 Å². The number of hydrogen-bond acceptors (Lipinski definition) is 5. The minimum atomic E-state index is -0.317. The van der Waals surface area contributed by atoms with Gasteiger partial charge in [-0.25, -0.2) is 9.97 Å². The van der Waals surface area contributed by atoms with Gasteiger partial charge in [-0.05, 0) is 49.3 Å². The molecule has 0 unspecified atom stereocenters. The van der Waals surface area contributed by atoms with Crippen molar-refractivity contribution in [3.63, 3.8) is 0 Å². The number of nitrogens with two attached hydrogens (primary N) is 1. The molecule has 1 amide bonds. The van der Waals surface area contributed by atoms with Crippen molar-refractivity contribution in [2.45, 2.75) is 71.8 Å². The minimum Gasteiger partial charge on any atom is -0.369 e. The molecule has 0 fully saturated rings. The number of nitrogens with one attached hydrogen (secondary N) is 1. The van der Waals surface area contributed by atoms with Crippen molar-refractivity contribution in [1.29, 1.82) is 0 Å². The van der Waals surface area contributed by atoms with Crippen molar-refractivity contribution < 1.29 is 4.79 Å².